The predicted octanol–water partition coefficient (Wildman–Crippen LogP) is 2.68. The number of benzene rings is 1. The molecule has 0 aliphatic rings. The van der Waals surface area contributed by atoms with E-state index in [1.165, 1.54) is 11.8 Å². The zero-order valence-corrected chi connectivity index (χ0v) is 16.2. The molecule has 3 aromatic heterocycles. The average molecular weight is 410 g/mol. The van der Waals surface area contributed by atoms with Gasteiger partial charge in [0.25, 0.3) is 0 Å². The molecule has 0 atom stereocenters. The van der Waals surface area contributed by atoms with Gasteiger partial charge in [0.1, 0.15) is 0 Å². The van der Waals surface area contributed by atoms with Crippen LogP contribution < -0.4 is 5.73 Å². The molecule has 1 amide bonds. The van der Waals surface area contributed by atoms with E-state index in [2.05, 4.69) is 20.4 Å². The van der Waals surface area contributed by atoms with Gasteiger partial charge in [-0.15, -0.1) is 20.4 Å². The summed E-state index contributed by atoms with van der Waals surface area (Å²) in [5.41, 5.74) is 6.40. The van der Waals surface area contributed by atoms with Crippen molar-refractivity contribution in [2.24, 2.45) is 5.73 Å². The van der Waals surface area contributed by atoms with E-state index < -0.39 is 5.91 Å². The fourth-order valence-corrected chi connectivity index (χ4v) is 3.52. The molecule has 0 unspecified atom stereocenters. The molecule has 0 saturated heterocycles. The number of amides is 1. The Morgan fingerprint density at radius 2 is 1.86 bits per heavy atom. The smallest absolute Gasteiger partial charge is 0.226 e. The van der Waals surface area contributed by atoms with E-state index in [1.54, 1.807) is 23.0 Å². The number of nitrogens with two attached hydrogens (primary N) is 1. The van der Waals surface area contributed by atoms with E-state index in [1.807, 2.05) is 30.3 Å². The molecule has 29 heavy (non-hydrogen) atoms. The molecule has 4 rings (SSSR count). The number of furan rings is 1. The van der Waals surface area contributed by atoms with Crippen molar-refractivity contribution < 1.29 is 13.6 Å². The van der Waals surface area contributed by atoms with Crippen LogP contribution in [0.15, 0.2) is 62.7 Å². The number of carbonyl (C=O) groups excluding carboxylic acids is 1. The van der Waals surface area contributed by atoms with Crippen molar-refractivity contribution in [3.05, 3.63) is 66.1 Å². The van der Waals surface area contributed by atoms with Gasteiger partial charge in [-0.1, -0.05) is 42.1 Å². The van der Waals surface area contributed by atoms with Crippen LogP contribution in [-0.4, -0.2) is 30.9 Å². The molecule has 0 radical (unpaired) electrons. The summed E-state index contributed by atoms with van der Waals surface area (Å²) in [5, 5.41) is 17.2. The zero-order valence-electron chi connectivity index (χ0n) is 15.4. The average Bonchev–Trinajstić information content (AvgIpc) is 3.46. The van der Waals surface area contributed by atoms with E-state index in [4.69, 9.17) is 14.6 Å². The van der Waals surface area contributed by atoms with Crippen molar-refractivity contribution in [2.75, 3.05) is 0 Å². The largest absolute Gasteiger partial charge is 0.461 e. The second-order valence-electron chi connectivity index (χ2n) is 6.19. The first-order valence-electron chi connectivity index (χ1n) is 8.92. The molecular weight excluding hydrogens is 392 g/mol. The summed E-state index contributed by atoms with van der Waals surface area (Å²) in [6.45, 7) is 0.351. The summed E-state index contributed by atoms with van der Waals surface area (Å²) in [5.74, 6) is 2.17. The molecule has 4 aromatic rings. The van der Waals surface area contributed by atoms with Crippen LogP contribution in [0.4, 0.5) is 0 Å². The lowest BCUT2D eigenvalue weighted by molar-refractivity contribution is -0.118. The molecule has 0 saturated carbocycles. The van der Waals surface area contributed by atoms with Crippen molar-refractivity contribution in [1.29, 1.82) is 0 Å². The Morgan fingerprint density at radius 1 is 1.03 bits per heavy atom. The van der Waals surface area contributed by atoms with Crippen molar-refractivity contribution in [3.63, 3.8) is 0 Å². The highest BCUT2D eigenvalue weighted by Crippen LogP contribution is 2.27. The first-order valence-corrected chi connectivity index (χ1v) is 9.91. The summed E-state index contributed by atoms with van der Waals surface area (Å²) in [6.07, 6.45) is 2.30. The molecule has 0 spiro atoms. The van der Waals surface area contributed by atoms with Gasteiger partial charge < -0.3 is 14.6 Å². The van der Waals surface area contributed by atoms with Gasteiger partial charge in [-0.25, -0.2) is 0 Å². The standard InChI is InChI=1S/C19H18N6O3S/c20-15(26)8-9-25-18(14-7-4-10-27-14)23-24-19(25)29-12-17-22-21-16(28-17)11-13-5-2-1-3-6-13/h1-7,10H,8-9,11-12H2,(H2,20,26). The maximum Gasteiger partial charge on any atom is 0.226 e. The van der Waals surface area contributed by atoms with Gasteiger partial charge >= 0.3 is 0 Å². The van der Waals surface area contributed by atoms with Gasteiger partial charge in [0, 0.05) is 13.0 Å². The highest BCUT2D eigenvalue weighted by molar-refractivity contribution is 7.98. The quantitative estimate of drug-likeness (QED) is 0.417. The molecule has 10 heteroatoms. The second kappa shape index (κ2) is 8.74. The third-order valence-electron chi connectivity index (χ3n) is 4.07. The number of nitrogens with zero attached hydrogens (tertiary/aromatic N) is 5. The summed E-state index contributed by atoms with van der Waals surface area (Å²) < 4.78 is 12.9. The van der Waals surface area contributed by atoms with Gasteiger partial charge in [0.2, 0.25) is 17.7 Å². The lowest BCUT2D eigenvalue weighted by Gasteiger charge is -2.07. The highest BCUT2D eigenvalue weighted by Gasteiger charge is 2.18. The Labute approximate surface area is 170 Å². The number of hydrogen-bond donors (Lipinski definition) is 1. The highest BCUT2D eigenvalue weighted by atomic mass is 32.2. The molecule has 0 aliphatic carbocycles. The molecule has 3 heterocycles. The second-order valence-corrected chi connectivity index (χ2v) is 7.13. The summed E-state index contributed by atoms with van der Waals surface area (Å²) in [4.78, 5) is 11.2. The lowest BCUT2D eigenvalue weighted by Crippen LogP contribution is -2.15. The Bertz CT molecular complexity index is 1070. The summed E-state index contributed by atoms with van der Waals surface area (Å²) in [7, 11) is 0. The van der Waals surface area contributed by atoms with Gasteiger partial charge in [-0.05, 0) is 17.7 Å². The lowest BCUT2D eigenvalue weighted by atomic mass is 10.2. The molecule has 0 bridgehead atoms. The van der Waals surface area contributed by atoms with E-state index in [0.717, 1.165) is 5.56 Å². The minimum atomic E-state index is -0.400. The summed E-state index contributed by atoms with van der Waals surface area (Å²) in [6, 6.07) is 13.5. The Balaban J connectivity index is 1.46. The van der Waals surface area contributed by atoms with Crippen LogP contribution in [0, 0.1) is 0 Å². The number of thioether (sulfide) groups is 1. The van der Waals surface area contributed by atoms with Crippen LogP contribution in [0.2, 0.25) is 0 Å². The number of primary amides is 1. The number of rotatable bonds is 9. The number of aromatic nitrogens is 5. The van der Waals surface area contributed by atoms with Gasteiger partial charge in [-0.2, -0.15) is 0 Å². The Kier molecular flexibility index (Phi) is 5.71. The minimum Gasteiger partial charge on any atom is -0.461 e. The van der Waals surface area contributed by atoms with Gasteiger partial charge in [-0.3, -0.25) is 9.36 Å². The maximum absolute atomic E-state index is 11.2. The monoisotopic (exact) mass is 410 g/mol. The molecule has 148 valence electrons. The third kappa shape index (κ3) is 4.72. The number of carbonyl (C=O) groups is 1. The van der Waals surface area contributed by atoms with Crippen LogP contribution >= 0.6 is 11.8 Å². The van der Waals surface area contributed by atoms with Crippen LogP contribution in [-0.2, 0) is 23.5 Å². The molecular formula is C19H18N6O3S. The van der Waals surface area contributed by atoms with Crippen LogP contribution in [0.1, 0.15) is 23.8 Å². The first kappa shape index (κ1) is 18.9. The first-order chi connectivity index (χ1) is 14.2. The van der Waals surface area contributed by atoms with E-state index >= 15 is 0 Å². The molecule has 9 nitrogen and oxygen atoms in total. The topological polar surface area (TPSA) is 126 Å². The minimum absolute atomic E-state index is 0.168. The SMILES string of the molecule is NC(=O)CCn1c(SCc2nnc(Cc3ccccc3)o2)nnc1-c1ccco1. The van der Waals surface area contributed by atoms with Crippen molar-refractivity contribution in [3.8, 4) is 11.6 Å². The fraction of sp³-hybridized carbons (Fsp3) is 0.211. The Hall–Kier alpha value is -3.40. The van der Waals surface area contributed by atoms with Gasteiger partial charge in [0.15, 0.2) is 16.7 Å². The van der Waals surface area contributed by atoms with Crippen LogP contribution in [0.5, 0.6) is 0 Å². The number of hydrogen-bond acceptors (Lipinski definition) is 8. The normalized spacial score (nSPS) is 11.0. The zero-order chi connectivity index (χ0) is 20.1. The van der Waals surface area contributed by atoms with E-state index in [-0.39, 0.29) is 6.42 Å². The van der Waals surface area contributed by atoms with E-state index in [9.17, 15) is 4.79 Å². The predicted molar refractivity (Wildman–Crippen MR) is 105 cm³/mol. The van der Waals surface area contributed by atoms with Crippen molar-refractivity contribution in [1.82, 2.24) is 25.0 Å². The van der Waals surface area contributed by atoms with Gasteiger partial charge in [0.05, 0.1) is 18.4 Å². The molecule has 0 fully saturated rings. The van der Waals surface area contributed by atoms with Crippen molar-refractivity contribution >= 4 is 17.7 Å². The van der Waals surface area contributed by atoms with E-state index in [0.29, 0.717) is 47.2 Å². The molecule has 2 N–H and O–H groups in total. The maximum atomic E-state index is 11.2. The molecule has 0 aliphatic heterocycles. The fourth-order valence-electron chi connectivity index (χ4n) is 2.72. The van der Waals surface area contributed by atoms with Crippen molar-refractivity contribution in [2.45, 2.75) is 30.3 Å². The third-order valence-corrected chi connectivity index (χ3v) is 5.02. The Morgan fingerprint density at radius 3 is 2.62 bits per heavy atom. The van der Waals surface area contributed by atoms with Crippen LogP contribution in [0.3, 0.4) is 0 Å². The summed E-state index contributed by atoms with van der Waals surface area (Å²) >= 11 is 1.39. The molecule has 1 aromatic carbocycles. The van der Waals surface area contributed by atoms with Crippen LogP contribution in [0.25, 0.3) is 11.6 Å².